The summed E-state index contributed by atoms with van der Waals surface area (Å²) in [6, 6.07) is 0. The Bertz CT molecular complexity index is 725. The average Bonchev–Trinajstić information content (AvgIpc) is 2.78. The van der Waals surface area contributed by atoms with Crippen molar-refractivity contribution in [1.29, 1.82) is 0 Å². The Labute approximate surface area is 122 Å². The third kappa shape index (κ3) is 2.58. The molecule has 6 nitrogen and oxygen atoms in total. The van der Waals surface area contributed by atoms with Gasteiger partial charge in [0.2, 0.25) is 0 Å². The van der Waals surface area contributed by atoms with Gasteiger partial charge in [-0.3, -0.25) is 4.72 Å². The van der Waals surface area contributed by atoms with Gasteiger partial charge in [0.05, 0.1) is 5.69 Å². The molecule has 0 radical (unpaired) electrons. The summed E-state index contributed by atoms with van der Waals surface area (Å²) in [5, 5.41) is 0.348. The Morgan fingerprint density at radius 1 is 1.25 bits per heavy atom. The van der Waals surface area contributed by atoms with Crippen LogP contribution in [0.3, 0.4) is 0 Å². The van der Waals surface area contributed by atoms with Crippen LogP contribution in [0.5, 0.6) is 0 Å². The van der Waals surface area contributed by atoms with Gasteiger partial charge in [-0.2, -0.15) is 0 Å². The largest absolute Gasteiger partial charge is 0.465 e. The van der Waals surface area contributed by atoms with Gasteiger partial charge in [0.25, 0.3) is 10.0 Å². The van der Waals surface area contributed by atoms with E-state index >= 15 is 0 Å². The second kappa shape index (κ2) is 5.19. The molecule has 0 aliphatic heterocycles. The number of thiazole rings is 1. The minimum Gasteiger partial charge on any atom is -0.465 e. The molecular formula is C12H17N3O3S2. The van der Waals surface area contributed by atoms with Gasteiger partial charge in [0.1, 0.15) is 16.4 Å². The third-order valence-electron chi connectivity index (χ3n) is 3.05. The van der Waals surface area contributed by atoms with E-state index in [-0.39, 0.29) is 11.4 Å². The van der Waals surface area contributed by atoms with Gasteiger partial charge in [0.15, 0.2) is 5.13 Å². The first-order chi connectivity index (χ1) is 9.26. The lowest BCUT2D eigenvalue weighted by Gasteiger charge is -2.06. The normalized spacial score (nSPS) is 11.8. The lowest BCUT2D eigenvalue weighted by atomic mass is 10.2. The second-order valence-electron chi connectivity index (χ2n) is 4.49. The number of hydrogen-bond acceptors (Lipinski definition) is 6. The fourth-order valence-corrected chi connectivity index (χ4v) is 4.49. The number of furan rings is 1. The van der Waals surface area contributed by atoms with Crippen LogP contribution in [0, 0.1) is 27.7 Å². The first kappa shape index (κ1) is 15.0. The predicted molar refractivity (Wildman–Crippen MR) is 78.5 cm³/mol. The number of nitrogens with zero attached hydrogens (tertiary/aromatic N) is 1. The van der Waals surface area contributed by atoms with Gasteiger partial charge in [0, 0.05) is 17.0 Å². The SMILES string of the molecule is Cc1nc(NS(=O)(=O)c2c(C)oc(C)c2CN)sc1C. The quantitative estimate of drug-likeness (QED) is 0.901. The molecule has 0 saturated heterocycles. The molecule has 0 spiro atoms. The highest BCUT2D eigenvalue weighted by atomic mass is 32.2. The Balaban J connectivity index is 2.45. The van der Waals surface area contributed by atoms with E-state index in [2.05, 4.69) is 9.71 Å². The highest BCUT2D eigenvalue weighted by Gasteiger charge is 2.27. The van der Waals surface area contributed by atoms with Crippen LogP contribution < -0.4 is 10.5 Å². The van der Waals surface area contributed by atoms with Crippen molar-refractivity contribution in [2.45, 2.75) is 39.1 Å². The van der Waals surface area contributed by atoms with Gasteiger partial charge in [-0.25, -0.2) is 13.4 Å². The van der Waals surface area contributed by atoms with E-state index < -0.39 is 10.0 Å². The number of rotatable bonds is 4. The second-order valence-corrected chi connectivity index (χ2v) is 7.31. The monoisotopic (exact) mass is 315 g/mol. The molecule has 8 heteroatoms. The molecule has 0 amide bonds. The summed E-state index contributed by atoms with van der Waals surface area (Å²) in [6.07, 6.45) is 0. The van der Waals surface area contributed by atoms with Gasteiger partial charge in [-0.05, 0) is 27.7 Å². The lowest BCUT2D eigenvalue weighted by Crippen LogP contribution is -2.16. The molecular weight excluding hydrogens is 298 g/mol. The van der Waals surface area contributed by atoms with E-state index in [1.54, 1.807) is 13.8 Å². The van der Waals surface area contributed by atoms with E-state index in [1.807, 2.05) is 13.8 Å². The summed E-state index contributed by atoms with van der Waals surface area (Å²) >= 11 is 1.30. The van der Waals surface area contributed by atoms with E-state index in [9.17, 15) is 8.42 Å². The zero-order valence-electron chi connectivity index (χ0n) is 11.8. The summed E-state index contributed by atoms with van der Waals surface area (Å²) in [5.74, 6) is 0.859. The smallest absolute Gasteiger partial charge is 0.267 e. The number of nitrogens with one attached hydrogen (secondary N) is 1. The van der Waals surface area contributed by atoms with Crippen LogP contribution in [0.25, 0.3) is 0 Å². The molecule has 0 fully saturated rings. The van der Waals surface area contributed by atoms with Crippen molar-refractivity contribution < 1.29 is 12.8 Å². The van der Waals surface area contributed by atoms with Crippen LogP contribution >= 0.6 is 11.3 Å². The summed E-state index contributed by atoms with van der Waals surface area (Å²) in [4.78, 5) is 5.27. The highest BCUT2D eigenvalue weighted by Crippen LogP contribution is 2.29. The number of nitrogens with two attached hydrogens (primary N) is 1. The molecule has 0 unspecified atom stereocenters. The minimum atomic E-state index is -3.75. The van der Waals surface area contributed by atoms with E-state index in [1.165, 1.54) is 11.3 Å². The standard InChI is InChI=1S/C12H17N3O3S2/c1-6-9(4)19-12(14-6)15-20(16,17)11-8(3)18-7(2)10(11)5-13/h5,13H2,1-4H3,(H,14,15). The molecule has 2 aromatic rings. The number of aromatic nitrogens is 1. The maximum absolute atomic E-state index is 12.5. The summed E-state index contributed by atoms with van der Waals surface area (Å²) in [6.45, 7) is 7.14. The van der Waals surface area contributed by atoms with Crippen LogP contribution in [0.4, 0.5) is 5.13 Å². The van der Waals surface area contributed by atoms with Gasteiger partial charge >= 0.3 is 0 Å². The number of hydrogen-bond donors (Lipinski definition) is 2. The fourth-order valence-electron chi connectivity index (χ4n) is 1.98. The van der Waals surface area contributed by atoms with Crippen molar-refractivity contribution in [3.63, 3.8) is 0 Å². The predicted octanol–water partition coefficient (Wildman–Crippen LogP) is 2.23. The summed E-state index contributed by atoms with van der Waals surface area (Å²) in [5.41, 5.74) is 6.93. The zero-order chi connectivity index (χ0) is 15.1. The van der Waals surface area contributed by atoms with Crippen LogP contribution in [0.1, 0.15) is 27.7 Å². The van der Waals surface area contributed by atoms with Crippen LogP contribution in [0.15, 0.2) is 9.31 Å². The van der Waals surface area contributed by atoms with Gasteiger partial charge in [-0.15, -0.1) is 11.3 Å². The van der Waals surface area contributed by atoms with Crippen molar-refractivity contribution in [1.82, 2.24) is 4.98 Å². The molecule has 2 aromatic heterocycles. The molecule has 2 heterocycles. The van der Waals surface area contributed by atoms with Crippen LogP contribution in [0.2, 0.25) is 0 Å². The van der Waals surface area contributed by atoms with Crippen molar-refractivity contribution in [3.8, 4) is 0 Å². The maximum atomic E-state index is 12.5. The van der Waals surface area contributed by atoms with Crippen molar-refractivity contribution in [2.24, 2.45) is 5.73 Å². The molecule has 0 aliphatic carbocycles. The summed E-state index contributed by atoms with van der Waals surface area (Å²) in [7, 11) is -3.75. The number of aryl methyl sites for hydroxylation is 4. The molecule has 110 valence electrons. The Kier molecular flexibility index (Phi) is 3.90. The Morgan fingerprint density at radius 2 is 1.90 bits per heavy atom. The third-order valence-corrected chi connectivity index (χ3v) is 5.70. The summed E-state index contributed by atoms with van der Waals surface area (Å²) < 4.78 is 32.8. The topological polar surface area (TPSA) is 98.2 Å². The van der Waals surface area contributed by atoms with Crippen molar-refractivity contribution in [2.75, 3.05) is 4.72 Å². The highest BCUT2D eigenvalue weighted by molar-refractivity contribution is 7.93. The maximum Gasteiger partial charge on any atom is 0.267 e. The molecule has 0 atom stereocenters. The Hall–Kier alpha value is -1.38. The van der Waals surface area contributed by atoms with Gasteiger partial charge in [-0.1, -0.05) is 0 Å². The van der Waals surface area contributed by atoms with Crippen LogP contribution in [-0.2, 0) is 16.6 Å². The molecule has 0 aromatic carbocycles. The zero-order valence-corrected chi connectivity index (χ0v) is 13.4. The van der Waals surface area contributed by atoms with Crippen molar-refractivity contribution >= 4 is 26.5 Å². The number of anilines is 1. The molecule has 3 N–H and O–H groups in total. The first-order valence-electron chi connectivity index (χ1n) is 6.02. The fraction of sp³-hybridized carbons (Fsp3) is 0.417. The van der Waals surface area contributed by atoms with E-state index in [0.717, 1.165) is 10.6 Å². The van der Waals surface area contributed by atoms with Crippen LogP contribution in [-0.4, -0.2) is 13.4 Å². The minimum absolute atomic E-state index is 0.106. The number of sulfonamides is 1. The first-order valence-corrected chi connectivity index (χ1v) is 8.32. The molecule has 0 saturated carbocycles. The lowest BCUT2D eigenvalue weighted by molar-refractivity contribution is 0.494. The van der Waals surface area contributed by atoms with E-state index in [0.29, 0.717) is 22.2 Å². The molecule has 2 rings (SSSR count). The average molecular weight is 315 g/mol. The van der Waals surface area contributed by atoms with Crippen molar-refractivity contribution in [3.05, 3.63) is 27.7 Å². The van der Waals surface area contributed by atoms with E-state index in [4.69, 9.17) is 10.2 Å². The molecule has 0 aliphatic rings. The Morgan fingerprint density at radius 3 is 2.40 bits per heavy atom. The molecule has 0 bridgehead atoms. The molecule has 20 heavy (non-hydrogen) atoms. The van der Waals surface area contributed by atoms with Gasteiger partial charge < -0.3 is 10.2 Å².